The topological polar surface area (TPSA) is 121 Å². The van der Waals surface area contributed by atoms with Crippen molar-refractivity contribution in [2.24, 2.45) is 5.92 Å². The van der Waals surface area contributed by atoms with Gasteiger partial charge in [0.2, 0.25) is 0 Å². The first-order chi connectivity index (χ1) is 27.4. The van der Waals surface area contributed by atoms with Crippen molar-refractivity contribution in [2.45, 2.75) is 64.0 Å². The Kier molecular flexibility index (Phi) is 11.4. The summed E-state index contributed by atoms with van der Waals surface area (Å²) in [4.78, 5) is 30.9. The Morgan fingerprint density at radius 3 is 2.18 bits per heavy atom. The molecule has 0 radical (unpaired) electrons. The van der Waals surface area contributed by atoms with Gasteiger partial charge in [-0.05, 0) is 64.4 Å². The molecule has 2 aliphatic heterocycles. The lowest BCUT2D eigenvalue weighted by atomic mass is 9.89. The number of nitrogens with zero attached hydrogens (tertiary/aromatic N) is 2. The van der Waals surface area contributed by atoms with Crippen LogP contribution in [0, 0.1) is 5.92 Å². The molecule has 1 aromatic heterocycles. The molecule has 8 rings (SSSR count). The minimum absolute atomic E-state index is 0.00774. The second kappa shape index (κ2) is 17.1. The van der Waals surface area contributed by atoms with Gasteiger partial charge in [0.1, 0.15) is 0 Å². The minimum atomic E-state index is -0.569. The number of ether oxygens (including phenoxy) is 2. The van der Waals surface area contributed by atoms with Crippen LogP contribution in [0.3, 0.4) is 0 Å². The number of amides is 2. The molecule has 3 heterocycles. The highest BCUT2D eigenvalue weighted by atomic mass is 16.7. The van der Waals surface area contributed by atoms with E-state index in [0.29, 0.717) is 13.1 Å². The van der Waals surface area contributed by atoms with Crippen molar-refractivity contribution in [2.75, 3.05) is 19.6 Å². The Hall–Kier alpha value is -5.52. The maximum Gasteiger partial charge on any atom is 0.326 e. The standard InChI is InChI=1S/C46H49N5O5/c1-31-42(29-50-24-22-39(23-25-50)51-41-13-6-5-12-40(41)49-46(51)54)55-44(56-43(31)36-16-14-33(30-52)15-17-36)37-20-18-35(19-21-37)38-11-7-10-34(26-38)28-48-45(53)47-27-32-8-3-2-4-9-32/h2-21,26,31,39,42-44,52H,22-25,27-30H2,1H3,(H,49,54)(H2,47,48,53)/t31-,42+,43+,44+/m1/s1. The number of rotatable bonds is 11. The molecule has 288 valence electrons. The first kappa shape index (κ1) is 37.4. The number of likely N-dealkylation sites (tertiary alicyclic amines) is 1. The molecule has 0 aliphatic carbocycles. The largest absolute Gasteiger partial charge is 0.392 e. The van der Waals surface area contributed by atoms with E-state index >= 15 is 0 Å². The van der Waals surface area contributed by atoms with Gasteiger partial charge in [-0.15, -0.1) is 0 Å². The first-order valence-corrected chi connectivity index (χ1v) is 19.6. The smallest absolute Gasteiger partial charge is 0.326 e. The van der Waals surface area contributed by atoms with Gasteiger partial charge in [-0.3, -0.25) is 4.57 Å². The van der Waals surface area contributed by atoms with Crippen LogP contribution in [0.15, 0.2) is 132 Å². The lowest BCUT2D eigenvalue weighted by molar-refractivity contribution is -0.276. The van der Waals surface area contributed by atoms with Gasteiger partial charge in [0.25, 0.3) is 0 Å². The number of carbonyl (C=O) groups is 1. The fourth-order valence-electron chi connectivity index (χ4n) is 8.10. The van der Waals surface area contributed by atoms with Gasteiger partial charge in [0.15, 0.2) is 6.29 Å². The number of piperidine rings is 1. The van der Waals surface area contributed by atoms with E-state index in [4.69, 9.17) is 9.47 Å². The van der Waals surface area contributed by atoms with Crippen molar-refractivity contribution in [1.29, 1.82) is 0 Å². The first-order valence-electron chi connectivity index (χ1n) is 19.6. The predicted molar refractivity (Wildman–Crippen MR) is 218 cm³/mol. The number of para-hydroxylation sites is 2. The number of urea groups is 1. The molecule has 4 atom stereocenters. The molecule has 2 aliphatic rings. The summed E-state index contributed by atoms with van der Waals surface area (Å²) in [5.74, 6) is 0.0660. The molecule has 0 saturated carbocycles. The Bertz CT molecular complexity index is 2280. The van der Waals surface area contributed by atoms with Gasteiger partial charge in [0.05, 0.1) is 29.8 Å². The molecular formula is C46H49N5O5. The van der Waals surface area contributed by atoms with Crippen molar-refractivity contribution in [3.8, 4) is 11.1 Å². The minimum Gasteiger partial charge on any atom is -0.392 e. The SMILES string of the molecule is C[C@@H]1[C@H](CN2CCC(n3c(=O)[nH]c4ccccc43)CC2)O[C@H](c2ccc(-c3cccc(CNC(=O)NCc4ccccc4)c3)cc2)O[C@@H]1c1ccc(CO)cc1. The summed E-state index contributed by atoms with van der Waals surface area (Å²) in [7, 11) is 0. The van der Waals surface area contributed by atoms with E-state index in [1.165, 1.54) is 0 Å². The van der Waals surface area contributed by atoms with Crippen molar-refractivity contribution in [3.63, 3.8) is 0 Å². The van der Waals surface area contributed by atoms with Crippen LogP contribution in [0.1, 0.15) is 66.0 Å². The zero-order valence-electron chi connectivity index (χ0n) is 31.6. The molecule has 2 fully saturated rings. The lowest BCUT2D eigenvalue weighted by Gasteiger charge is -2.44. The van der Waals surface area contributed by atoms with Crippen LogP contribution in [0.5, 0.6) is 0 Å². The Morgan fingerprint density at radius 1 is 0.750 bits per heavy atom. The Labute approximate surface area is 327 Å². The molecule has 5 aromatic carbocycles. The van der Waals surface area contributed by atoms with Crippen LogP contribution in [0.25, 0.3) is 22.2 Å². The number of H-pyrrole nitrogens is 1. The molecule has 2 saturated heterocycles. The number of carbonyl (C=O) groups excluding carboxylic acids is 1. The molecule has 10 nitrogen and oxygen atoms in total. The van der Waals surface area contributed by atoms with E-state index in [-0.39, 0.29) is 42.5 Å². The van der Waals surface area contributed by atoms with Crippen molar-refractivity contribution >= 4 is 17.1 Å². The third kappa shape index (κ3) is 8.49. The van der Waals surface area contributed by atoms with E-state index in [9.17, 15) is 14.7 Å². The number of aliphatic hydroxyl groups excluding tert-OH is 1. The van der Waals surface area contributed by atoms with E-state index in [1.54, 1.807) is 0 Å². The number of imidazole rings is 1. The summed E-state index contributed by atoms with van der Waals surface area (Å²) in [5, 5.41) is 15.6. The maximum atomic E-state index is 12.9. The fraction of sp³-hybridized carbons (Fsp3) is 0.304. The Balaban J connectivity index is 0.940. The quantitative estimate of drug-likeness (QED) is 0.108. The average molecular weight is 752 g/mol. The number of nitrogens with one attached hydrogen (secondary N) is 3. The van der Waals surface area contributed by atoms with E-state index in [0.717, 1.165) is 82.5 Å². The van der Waals surface area contributed by atoms with Crippen LogP contribution in [0.2, 0.25) is 0 Å². The summed E-state index contributed by atoms with van der Waals surface area (Å²) in [6.45, 7) is 5.56. The van der Waals surface area contributed by atoms with Gasteiger partial charge >= 0.3 is 11.7 Å². The fourth-order valence-corrected chi connectivity index (χ4v) is 8.10. The molecule has 6 aromatic rings. The molecule has 2 amide bonds. The van der Waals surface area contributed by atoms with Gasteiger partial charge in [0, 0.05) is 50.2 Å². The summed E-state index contributed by atoms with van der Waals surface area (Å²) < 4.78 is 15.5. The molecule has 0 spiro atoms. The normalized spacial score (nSPS) is 20.5. The second-order valence-corrected chi connectivity index (χ2v) is 15.0. The highest BCUT2D eigenvalue weighted by Gasteiger charge is 2.39. The second-order valence-electron chi connectivity index (χ2n) is 15.0. The van der Waals surface area contributed by atoms with Crippen LogP contribution in [0.4, 0.5) is 4.79 Å². The summed E-state index contributed by atoms with van der Waals surface area (Å²) in [5.41, 5.74) is 8.81. The number of hydrogen-bond donors (Lipinski definition) is 4. The van der Waals surface area contributed by atoms with Crippen LogP contribution >= 0.6 is 0 Å². The highest BCUT2D eigenvalue weighted by Crippen LogP contribution is 2.42. The molecule has 0 unspecified atom stereocenters. The van der Waals surface area contributed by atoms with Crippen molar-refractivity contribution in [3.05, 3.63) is 166 Å². The summed E-state index contributed by atoms with van der Waals surface area (Å²) in [6.07, 6.45) is 0.893. The molecule has 0 bridgehead atoms. The number of hydrogen-bond acceptors (Lipinski definition) is 6. The van der Waals surface area contributed by atoms with Crippen molar-refractivity contribution in [1.82, 2.24) is 25.1 Å². The highest BCUT2D eigenvalue weighted by molar-refractivity contribution is 5.75. The number of aliphatic hydroxyl groups is 1. The van der Waals surface area contributed by atoms with Crippen LogP contribution in [-0.2, 0) is 29.2 Å². The molecular weight excluding hydrogens is 703 g/mol. The molecule has 10 heteroatoms. The number of aromatic nitrogens is 2. The summed E-state index contributed by atoms with van der Waals surface area (Å²) >= 11 is 0. The van der Waals surface area contributed by atoms with Crippen LogP contribution in [-0.4, -0.2) is 51.3 Å². The third-order valence-electron chi connectivity index (χ3n) is 11.3. The number of benzene rings is 5. The van der Waals surface area contributed by atoms with E-state index in [2.05, 4.69) is 76.0 Å². The number of aromatic amines is 1. The molecule has 56 heavy (non-hydrogen) atoms. The van der Waals surface area contributed by atoms with Gasteiger partial charge < -0.3 is 35.1 Å². The number of fused-ring (bicyclic) bond motifs is 1. The van der Waals surface area contributed by atoms with Gasteiger partial charge in [-0.1, -0.05) is 116 Å². The molecule has 4 N–H and O–H groups in total. The average Bonchev–Trinajstić information content (AvgIpc) is 3.59. The Morgan fingerprint density at radius 2 is 1.43 bits per heavy atom. The van der Waals surface area contributed by atoms with E-state index in [1.807, 2.05) is 83.4 Å². The third-order valence-corrected chi connectivity index (χ3v) is 11.3. The lowest BCUT2D eigenvalue weighted by Crippen LogP contribution is -2.47. The van der Waals surface area contributed by atoms with Crippen LogP contribution < -0.4 is 16.3 Å². The monoisotopic (exact) mass is 751 g/mol. The predicted octanol–water partition coefficient (Wildman–Crippen LogP) is 7.62. The zero-order chi connectivity index (χ0) is 38.4. The van der Waals surface area contributed by atoms with Gasteiger partial charge in [-0.2, -0.15) is 0 Å². The maximum absolute atomic E-state index is 12.9. The summed E-state index contributed by atoms with van der Waals surface area (Å²) in [6, 6.07) is 42.2. The van der Waals surface area contributed by atoms with Crippen molar-refractivity contribution < 1.29 is 19.4 Å². The zero-order valence-corrected chi connectivity index (χ0v) is 31.6. The van der Waals surface area contributed by atoms with E-state index < -0.39 is 6.29 Å². The van der Waals surface area contributed by atoms with Gasteiger partial charge in [-0.25, -0.2) is 9.59 Å².